The average Bonchev–Trinajstić information content (AvgIpc) is 2.32. The SMILES string of the molecule is Oc1ccc(Br)cc1CNc1ncc(Br)cc1Br. The van der Waals surface area contributed by atoms with Crippen LogP contribution in [-0.4, -0.2) is 10.1 Å². The molecule has 0 bridgehead atoms. The summed E-state index contributed by atoms with van der Waals surface area (Å²) in [6.07, 6.45) is 1.72. The Morgan fingerprint density at radius 2 is 1.89 bits per heavy atom. The summed E-state index contributed by atoms with van der Waals surface area (Å²) in [5.74, 6) is 0.997. The van der Waals surface area contributed by atoms with Crippen molar-refractivity contribution in [3.8, 4) is 5.75 Å². The van der Waals surface area contributed by atoms with Crippen molar-refractivity contribution in [1.29, 1.82) is 0 Å². The van der Waals surface area contributed by atoms with E-state index in [1.807, 2.05) is 12.1 Å². The number of aromatic nitrogens is 1. The highest BCUT2D eigenvalue weighted by atomic mass is 79.9. The Hall–Kier alpha value is -0.590. The van der Waals surface area contributed by atoms with E-state index >= 15 is 0 Å². The van der Waals surface area contributed by atoms with Crippen LogP contribution >= 0.6 is 47.8 Å². The van der Waals surface area contributed by atoms with Crippen LogP contribution in [-0.2, 0) is 6.54 Å². The molecule has 0 radical (unpaired) electrons. The van der Waals surface area contributed by atoms with E-state index in [1.54, 1.807) is 18.3 Å². The lowest BCUT2D eigenvalue weighted by atomic mass is 10.2. The van der Waals surface area contributed by atoms with Crippen LogP contribution in [0.4, 0.5) is 5.82 Å². The molecule has 1 heterocycles. The van der Waals surface area contributed by atoms with Crippen molar-refractivity contribution in [2.24, 2.45) is 0 Å². The minimum absolute atomic E-state index is 0.263. The zero-order valence-corrected chi connectivity index (χ0v) is 13.9. The Balaban J connectivity index is 2.13. The highest BCUT2D eigenvalue weighted by Crippen LogP contribution is 2.26. The van der Waals surface area contributed by atoms with Crippen molar-refractivity contribution in [2.75, 3.05) is 5.32 Å². The zero-order valence-electron chi connectivity index (χ0n) is 9.12. The van der Waals surface area contributed by atoms with Gasteiger partial charge in [0.2, 0.25) is 0 Å². The molecule has 0 aliphatic carbocycles. The van der Waals surface area contributed by atoms with Gasteiger partial charge in [0.15, 0.2) is 0 Å². The number of benzene rings is 1. The molecule has 0 unspecified atom stereocenters. The number of hydrogen-bond donors (Lipinski definition) is 2. The number of pyridine rings is 1. The van der Waals surface area contributed by atoms with Gasteiger partial charge in [-0.05, 0) is 56.1 Å². The number of hydrogen-bond acceptors (Lipinski definition) is 3. The molecule has 0 saturated heterocycles. The first kappa shape index (κ1) is 13.8. The zero-order chi connectivity index (χ0) is 13.1. The molecule has 0 amide bonds. The fourth-order valence-electron chi connectivity index (χ4n) is 1.42. The average molecular weight is 437 g/mol. The standard InChI is InChI=1S/C12H9Br3N2O/c13-8-1-2-11(18)7(3-8)5-16-12-10(15)4-9(14)6-17-12/h1-4,6,18H,5H2,(H,16,17). The first-order valence-electron chi connectivity index (χ1n) is 5.08. The van der Waals surface area contributed by atoms with Gasteiger partial charge in [-0.2, -0.15) is 0 Å². The summed E-state index contributed by atoms with van der Waals surface area (Å²) in [7, 11) is 0. The third-order valence-corrected chi connectivity index (χ3v) is 3.83. The molecular weight excluding hydrogens is 428 g/mol. The van der Waals surface area contributed by atoms with Gasteiger partial charge >= 0.3 is 0 Å². The van der Waals surface area contributed by atoms with Crippen LogP contribution in [0.2, 0.25) is 0 Å². The quantitative estimate of drug-likeness (QED) is 0.733. The Bertz CT molecular complexity index is 575. The number of halogens is 3. The summed E-state index contributed by atoms with van der Waals surface area (Å²) in [4.78, 5) is 4.25. The van der Waals surface area contributed by atoms with Crippen LogP contribution in [0.15, 0.2) is 43.9 Å². The molecule has 2 rings (SSSR count). The van der Waals surface area contributed by atoms with E-state index in [2.05, 4.69) is 58.1 Å². The summed E-state index contributed by atoms with van der Waals surface area (Å²) in [6.45, 7) is 0.499. The first-order valence-corrected chi connectivity index (χ1v) is 7.46. The molecule has 1 aromatic carbocycles. The number of nitrogens with zero attached hydrogens (tertiary/aromatic N) is 1. The van der Waals surface area contributed by atoms with Gasteiger partial charge in [0.25, 0.3) is 0 Å². The van der Waals surface area contributed by atoms with Gasteiger partial charge in [0, 0.05) is 27.3 Å². The molecule has 2 N–H and O–H groups in total. The summed E-state index contributed by atoms with van der Waals surface area (Å²) < 4.78 is 2.71. The molecule has 0 aliphatic heterocycles. The Morgan fingerprint density at radius 3 is 2.61 bits per heavy atom. The smallest absolute Gasteiger partial charge is 0.140 e. The van der Waals surface area contributed by atoms with Gasteiger partial charge in [0.1, 0.15) is 11.6 Å². The molecule has 3 nitrogen and oxygen atoms in total. The highest BCUT2D eigenvalue weighted by molar-refractivity contribution is 9.11. The number of nitrogens with one attached hydrogen (secondary N) is 1. The van der Waals surface area contributed by atoms with Crippen LogP contribution in [0, 0.1) is 0 Å². The van der Waals surface area contributed by atoms with Gasteiger partial charge in [0.05, 0.1) is 4.47 Å². The summed E-state index contributed by atoms with van der Waals surface area (Å²) in [5, 5.41) is 12.9. The lowest BCUT2D eigenvalue weighted by molar-refractivity contribution is 0.469. The predicted octanol–water partition coefficient (Wildman–Crippen LogP) is 4.69. The summed E-state index contributed by atoms with van der Waals surface area (Å²) in [6, 6.07) is 7.24. The van der Waals surface area contributed by atoms with Gasteiger partial charge in [-0.25, -0.2) is 4.98 Å². The summed E-state index contributed by atoms with van der Waals surface area (Å²) >= 11 is 10.2. The van der Waals surface area contributed by atoms with E-state index in [1.165, 1.54) is 0 Å². The van der Waals surface area contributed by atoms with Gasteiger partial charge in [-0.1, -0.05) is 15.9 Å². The third kappa shape index (κ3) is 3.46. The Morgan fingerprint density at radius 1 is 1.11 bits per heavy atom. The molecule has 0 aliphatic rings. The first-order chi connectivity index (χ1) is 8.56. The molecule has 1 aromatic heterocycles. The molecule has 2 aromatic rings. The fraction of sp³-hybridized carbons (Fsp3) is 0.0833. The van der Waals surface area contributed by atoms with Crippen LogP contribution < -0.4 is 5.32 Å². The number of aromatic hydroxyl groups is 1. The van der Waals surface area contributed by atoms with E-state index in [9.17, 15) is 5.11 Å². The van der Waals surface area contributed by atoms with Gasteiger partial charge < -0.3 is 10.4 Å². The maximum Gasteiger partial charge on any atom is 0.140 e. The predicted molar refractivity (Wildman–Crippen MR) is 82.8 cm³/mol. The Kier molecular flexibility index (Phi) is 4.64. The maximum atomic E-state index is 9.73. The van der Waals surface area contributed by atoms with Crippen molar-refractivity contribution in [3.05, 3.63) is 49.4 Å². The molecule has 0 spiro atoms. The second-order valence-electron chi connectivity index (χ2n) is 3.61. The van der Waals surface area contributed by atoms with E-state index in [0.717, 1.165) is 24.8 Å². The van der Waals surface area contributed by atoms with Crippen molar-refractivity contribution < 1.29 is 5.11 Å². The molecule has 18 heavy (non-hydrogen) atoms. The van der Waals surface area contributed by atoms with Crippen molar-refractivity contribution in [2.45, 2.75) is 6.54 Å². The third-order valence-electron chi connectivity index (χ3n) is 2.30. The van der Waals surface area contributed by atoms with E-state index in [4.69, 9.17) is 0 Å². The van der Waals surface area contributed by atoms with Crippen LogP contribution in [0.5, 0.6) is 5.75 Å². The highest BCUT2D eigenvalue weighted by Gasteiger charge is 2.05. The molecule has 0 fully saturated rings. The molecular formula is C12H9Br3N2O. The van der Waals surface area contributed by atoms with Crippen molar-refractivity contribution in [3.63, 3.8) is 0 Å². The molecule has 6 heteroatoms. The van der Waals surface area contributed by atoms with Crippen molar-refractivity contribution in [1.82, 2.24) is 4.98 Å². The topological polar surface area (TPSA) is 45.1 Å². The number of anilines is 1. The molecule has 94 valence electrons. The number of rotatable bonds is 3. The minimum Gasteiger partial charge on any atom is -0.508 e. The van der Waals surface area contributed by atoms with Crippen LogP contribution in [0.3, 0.4) is 0 Å². The normalized spacial score (nSPS) is 10.4. The largest absolute Gasteiger partial charge is 0.508 e. The van der Waals surface area contributed by atoms with E-state index in [-0.39, 0.29) is 5.75 Å². The van der Waals surface area contributed by atoms with E-state index in [0.29, 0.717) is 6.54 Å². The number of phenols is 1. The maximum absolute atomic E-state index is 9.73. The second kappa shape index (κ2) is 6.04. The second-order valence-corrected chi connectivity index (χ2v) is 6.30. The molecule has 0 saturated carbocycles. The lowest BCUT2D eigenvalue weighted by Gasteiger charge is -2.09. The fourth-order valence-corrected chi connectivity index (χ4v) is 2.96. The monoisotopic (exact) mass is 434 g/mol. The van der Waals surface area contributed by atoms with Gasteiger partial charge in [-0.15, -0.1) is 0 Å². The number of phenolic OH excluding ortho intramolecular Hbond substituents is 1. The Labute approximate surface area is 130 Å². The summed E-state index contributed by atoms with van der Waals surface area (Å²) in [5.41, 5.74) is 0.806. The van der Waals surface area contributed by atoms with Gasteiger partial charge in [-0.3, -0.25) is 0 Å². The van der Waals surface area contributed by atoms with Crippen LogP contribution in [0.25, 0.3) is 0 Å². The molecule has 0 atom stereocenters. The minimum atomic E-state index is 0.263. The lowest BCUT2D eigenvalue weighted by Crippen LogP contribution is -2.02. The van der Waals surface area contributed by atoms with Crippen LogP contribution in [0.1, 0.15) is 5.56 Å². The van der Waals surface area contributed by atoms with E-state index < -0.39 is 0 Å². The van der Waals surface area contributed by atoms with Crippen molar-refractivity contribution >= 4 is 53.6 Å².